The molecule has 0 saturated carbocycles. The highest BCUT2D eigenvalue weighted by Crippen LogP contribution is 2.28. The molecule has 1 aromatic heterocycles. The van der Waals surface area contributed by atoms with Crippen molar-refractivity contribution in [1.82, 2.24) is 10.2 Å². The lowest BCUT2D eigenvalue weighted by atomic mass is 9.97. The summed E-state index contributed by atoms with van der Waals surface area (Å²) in [5.74, 6) is 0.776. The van der Waals surface area contributed by atoms with Gasteiger partial charge in [0.25, 0.3) is 0 Å². The normalized spacial score (nSPS) is 11.5. The van der Waals surface area contributed by atoms with Crippen LogP contribution in [0.1, 0.15) is 57.9 Å². The molecular formula is C15H27N5. The molecule has 0 aliphatic carbocycles. The number of nitrogens with two attached hydrogens (primary N) is 1. The smallest absolute Gasteiger partial charge is 0.162 e. The Labute approximate surface area is 122 Å². The summed E-state index contributed by atoms with van der Waals surface area (Å²) >= 11 is 0. The monoisotopic (exact) mass is 277 g/mol. The zero-order chi connectivity index (χ0) is 15.5. The van der Waals surface area contributed by atoms with Crippen LogP contribution in [0.4, 0.5) is 5.82 Å². The molecule has 0 aliphatic heterocycles. The molecule has 0 aliphatic rings. The molecule has 20 heavy (non-hydrogen) atoms. The number of aryl methyl sites for hydroxylation is 1. The number of nitrogen functional groups attached to an aromatic ring is 1. The van der Waals surface area contributed by atoms with Crippen LogP contribution < -0.4 is 10.6 Å². The van der Waals surface area contributed by atoms with Crippen molar-refractivity contribution >= 4 is 11.7 Å². The molecule has 1 aromatic rings. The van der Waals surface area contributed by atoms with E-state index >= 15 is 0 Å². The van der Waals surface area contributed by atoms with Gasteiger partial charge in [-0.3, -0.25) is 5.41 Å². The molecule has 3 N–H and O–H groups in total. The molecule has 0 radical (unpaired) electrons. The molecule has 0 spiro atoms. The lowest BCUT2D eigenvalue weighted by Gasteiger charge is -2.37. The van der Waals surface area contributed by atoms with E-state index in [2.05, 4.69) is 42.8 Å². The summed E-state index contributed by atoms with van der Waals surface area (Å²) in [6.45, 7) is 10.6. The van der Waals surface area contributed by atoms with Crippen LogP contribution in [-0.2, 0) is 12.8 Å². The highest BCUT2D eigenvalue weighted by atomic mass is 15.3. The maximum Gasteiger partial charge on any atom is 0.162 e. The molecule has 112 valence electrons. The summed E-state index contributed by atoms with van der Waals surface area (Å²) in [7, 11) is 1.99. The average molecular weight is 277 g/mol. The van der Waals surface area contributed by atoms with Crippen molar-refractivity contribution in [1.29, 1.82) is 5.41 Å². The van der Waals surface area contributed by atoms with E-state index in [-0.39, 0.29) is 11.4 Å². The number of aromatic nitrogens is 2. The summed E-state index contributed by atoms with van der Waals surface area (Å²) in [6, 6.07) is 0. The van der Waals surface area contributed by atoms with E-state index in [4.69, 9.17) is 11.1 Å². The Morgan fingerprint density at radius 3 is 2.20 bits per heavy atom. The summed E-state index contributed by atoms with van der Waals surface area (Å²) in [4.78, 5) is 2.08. The van der Waals surface area contributed by atoms with Gasteiger partial charge in [0.1, 0.15) is 5.84 Å². The fraction of sp³-hybridized carbons (Fsp3) is 0.667. The molecule has 0 fully saturated rings. The summed E-state index contributed by atoms with van der Waals surface area (Å²) in [5, 5.41) is 16.6. The maximum absolute atomic E-state index is 7.93. The third-order valence-corrected chi connectivity index (χ3v) is 4.19. The molecule has 5 nitrogen and oxygen atoms in total. The molecule has 1 heterocycles. The number of nitrogens with one attached hydrogen (secondary N) is 1. The second-order valence-electron chi connectivity index (χ2n) is 5.67. The maximum atomic E-state index is 7.93. The van der Waals surface area contributed by atoms with Gasteiger partial charge >= 0.3 is 0 Å². The Balaban J connectivity index is 3.52. The Bertz CT molecular complexity index is 493. The minimum Gasteiger partial charge on any atom is -0.384 e. The van der Waals surface area contributed by atoms with Gasteiger partial charge < -0.3 is 10.6 Å². The van der Waals surface area contributed by atoms with Gasteiger partial charge in [0.15, 0.2) is 5.82 Å². The second kappa shape index (κ2) is 6.20. The zero-order valence-electron chi connectivity index (χ0n) is 13.5. The van der Waals surface area contributed by atoms with E-state index < -0.39 is 0 Å². The van der Waals surface area contributed by atoms with E-state index in [0.717, 1.165) is 36.1 Å². The number of nitrogens with zero attached hydrogens (tertiary/aromatic N) is 3. The minimum absolute atomic E-state index is 0.0579. The first-order valence-corrected chi connectivity index (χ1v) is 7.26. The summed E-state index contributed by atoms with van der Waals surface area (Å²) in [5.41, 5.74) is 8.49. The fourth-order valence-corrected chi connectivity index (χ4v) is 2.20. The standard InChI is InChI=1S/C15H27N5/c1-7-10-11(8-2)18-19-14(12(10)13(16)17)20(6)15(4,5)9-3/h7-9H2,1-6H3,(H3,16,17). The molecule has 0 unspecified atom stereocenters. The van der Waals surface area contributed by atoms with Gasteiger partial charge in [0.2, 0.25) is 0 Å². The molecule has 1 rings (SSSR count). The molecule has 0 amide bonds. The van der Waals surface area contributed by atoms with E-state index in [1.54, 1.807) is 0 Å². The Morgan fingerprint density at radius 1 is 1.20 bits per heavy atom. The molecule has 5 heteroatoms. The van der Waals surface area contributed by atoms with Crippen molar-refractivity contribution in [2.75, 3.05) is 11.9 Å². The number of amidine groups is 1. The van der Waals surface area contributed by atoms with Gasteiger partial charge in [-0.2, -0.15) is 5.10 Å². The van der Waals surface area contributed by atoms with Crippen molar-refractivity contribution in [3.63, 3.8) is 0 Å². The van der Waals surface area contributed by atoms with E-state index in [0.29, 0.717) is 5.82 Å². The lowest BCUT2D eigenvalue weighted by Crippen LogP contribution is -2.42. The molecule has 0 atom stereocenters. The number of hydrogen-bond acceptors (Lipinski definition) is 4. The van der Waals surface area contributed by atoms with Crippen LogP contribution in [0, 0.1) is 5.41 Å². The molecular weight excluding hydrogens is 250 g/mol. The molecule has 0 aromatic carbocycles. The van der Waals surface area contributed by atoms with Crippen LogP contribution in [0.3, 0.4) is 0 Å². The van der Waals surface area contributed by atoms with Gasteiger partial charge in [-0.05, 0) is 38.7 Å². The average Bonchev–Trinajstić information content (AvgIpc) is 2.44. The zero-order valence-corrected chi connectivity index (χ0v) is 13.5. The first-order valence-electron chi connectivity index (χ1n) is 7.26. The fourth-order valence-electron chi connectivity index (χ4n) is 2.20. The van der Waals surface area contributed by atoms with Crippen molar-refractivity contribution in [3.05, 3.63) is 16.8 Å². The Morgan fingerprint density at radius 2 is 1.80 bits per heavy atom. The van der Waals surface area contributed by atoms with Gasteiger partial charge in [-0.25, -0.2) is 0 Å². The lowest BCUT2D eigenvalue weighted by molar-refractivity contribution is 0.465. The largest absolute Gasteiger partial charge is 0.384 e. The quantitative estimate of drug-likeness (QED) is 0.618. The van der Waals surface area contributed by atoms with Gasteiger partial charge in [0, 0.05) is 12.6 Å². The van der Waals surface area contributed by atoms with Crippen molar-refractivity contribution in [2.45, 2.75) is 59.4 Å². The van der Waals surface area contributed by atoms with Gasteiger partial charge in [-0.1, -0.05) is 20.8 Å². The first-order chi connectivity index (χ1) is 9.30. The van der Waals surface area contributed by atoms with E-state index in [1.165, 1.54) is 0 Å². The Hall–Kier alpha value is -1.65. The second-order valence-corrected chi connectivity index (χ2v) is 5.67. The Kier molecular flexibility index (Phi) is 5.09. The van der Waals surface area contributed by atoms with Gasteiger partial charge in [-0.15, -0.1) is 5.10 Å². The van der Waals surface area contributed by atoms with Crippen LogP contribution in [0.2, 0.25) is 0 Å². The predicted octanol–water partition coefficient (Wildman–Crippen LogP) is 2.51. The summed E-state index contributed by atoms with van der Waals surface area (Å²) < 4.78 is 0. The van der Waals surface area contributed by atoms with Crippen molar-refractivity contribution < 1.29 is 0 Å². The molecule has 0 bridgehead atoms. The highest BCUT2D eigenvalue weighted by molar-refractivity contribution is 6.01. The minimum atomic E-state index is -0.0579. The van der Waals surface area contributed by atoms with Crippen molar-refractivity contribution in [2.24, 2.45) is 5.73 Å². The number of anilines is 1. The topological polar surface area (TPSA) is 78.9 Å². The van der Waals surface area contributed by atoms with E-state index in [9.17, 15) is 0 Å². The van der Waals surface area contributed by atoms with Crippen LogP contribution in [0.5, 0.6) is 0 Å². The number of rotatable bonds is 6. The highest BCUT2D eigenvalue weighted by Gasteiger charge is 2.27. The third-order valence-electron chi connectivity index (χ3n) is 4.19. The first kappa shape index (κ1) is 16.4. The van der Waals surface area contributed by atoms with Crippen LogP contribution in [-0.4, -0.2) is 28.6 Å². The van der Waals surface area contributed by atoms with Crippen LogP contribution in [0.15, 0.2) is 0 Å². The number of hydrogen-bond donors (Lipinski definition) is 2. The SMILES string of the molecule is CCc1nnc(N(C)C(C)(C)CC)c(C(=N)N)c1CC. The summed E-state index contributed by atoms with van der Waals surface area (Å²) in [6.07, 6.45) is 2.58. The van der Waals surface area contributed by atoms with Crippen LogP contribution >= 0.6 is 0 Å². The van der Waals surface area contributed by atoms with E-state index in [1.807, 2.05) is 14.0 Å². The van der Waals surface area contributed by atoms with Crippen LogP contribution in [0.25, 0.3) is 0 Å². The molecule has 0 saturated heterocycles. The predicted molar refractivity (Wildman–Crippen MR) is 84.6 cm³/mol. The van der Waals surface area contributed by atoms with Gasteiger partial charge in [0.05, 0.1) is 11.3 Å². The van der Waals surface area contributed by atoms with Crippen molar-refractivity contribution in [3.8, 4) is 0 Å². The third kappa shape index (κ3) is 2.92.